The fourth-order valence-corrected chi connectivity index (χ4v) is 4.74. The van der Waals surface area contributed by atoms with Crippen LogP contribution in [0.5, 0.6) is 0 Å². The van der Waals surface area contributed by atoms with E-state index < -0.39 is 6.10 Å². The number of aliphatic hydroxyl groups excluding tert-OH is 1. The van der Waals surface area contributed by atoms with E-state index in [-0.39, 0.29) is 17.4 Å². The Morgan fingerprint density at radius 1 is 1.44 bits per heavy atom. The van der Waals surface area contributed by atoms with Gasteiger partial charge in [0.1, 0.15) is 10.9 Å². The Kier molecular flexibility index (Phi) is 6.16. The van der Waals surface area contributed by atoms with E-state index >= 15 is 0 Å². The maximum Gasteiger partial charge on any atom is 0.243 e. The van der Waals surface area contributed by atoms with Crippen molar-refractivity contribution >= 4 is 22.4 Å². The highest BCUT2D eigenvalue weighted by atomic mass is 32.1. The van der Waals surface area contributed by atoms with Gasteiger partial charge >= 0.3 is 0 Å². The smallest absolute Gasteiger partial charge is 0.243 e. The third kappa shape index (κ3) is 4.85. The average molecular weight is 393 g/mol. The Bertz CT molecular complexity index is 716. The van der Waals surface area contributed by atoms with Crippen LogP contribution in [0.4, 0.5) is 5.13 Å². The van der Waals surface area contributed by atoms with Crippen LogP contribution in [0.1, 0.15) is 50.6 Å². The van der Waals surface area contributed by atoms with Gasteiger partial charge in [-0.05, 0) is 25.2 Å². The number of nitrogens with one attached hydrogen (secondary N) is 1. The van der Waals surface area contributed by atoms with Gasteiger partial charge in [-0.1, -0.05) is 32.1 Å². The van der Waals surface area contributed by atoms with Crippen LogP contribution in [-0.4, -0.2) is 59.3 Å². The second kappa shape index (κ2) is 8.23. The SMILES string of the molecule is CC(C)(C)c1nc(NC(=O)[C@@H]2C[C@H](O)CN2CC2CCOCC2)sc1C#N. The normalized spacial score (nSPS) is 24.7. The number of hydrogen-bond acceptors (Lipinski definition) is 7. The van der Waals surface area contributed by atoms with Crippen LogP contribution < -0.4 is 5.32 Å². The molecule has 0 aromatic carbocycles. The number of nitriles is 1. The highest BCUT2D eigenvalue weighted by Gasteiger charge is 2.37. The molecule has 2 aliphatic heterocycles. The summed E-state index contributed by atoms with van der Waals surface area (Å²) in [5.74, 6) is 0.342. The van der Waals surface area contributed by atoms with Gasteiger partial charge < -0.3 is 15.2 Å². The number of hydrogen-bond donors (Lipinski definition) is 2. The van der Waals surface area contributed by atoms with Gasteiger partial charge in [0.25, 0.3) is 0 Å². The number of likely N-dealkylation sites (tertiary alicyclic amines) is 1. The number of ether oxygens (including phenoxy) is 1. The number of thiazole rings is 1. The molecule has 2 atom stereocenters. The molecule has 8 heteroatoms. The maximum atomic E-state index is 12.9. The molecule has 0 saturated carbocycles. The number of aliphatic hydroxyl groups is 1. The van der Waals surface area contributed by atoms with E-state index in [1.807, 2.05) is 20.8 Å². The molecule has 7 nitrogen and oxygen atoms in total. The van der Waals surface area contributed by atoms with Crippen molar-refractivity contribution in [3.8, 4) is 6.07 Å². The lowest BCUT2D eigenvalue weighted by molar-refractivity contribution is -0.120. The summed E-state index contributed by atoms with van der Waals surface area (Å²) in [6.07, 6.45) is 1.93. The maximum absolute atomic E-state index is 12.9. The summed E-state index contributed by atoms with van der Waals surface area (Å²) in [7, 11) is 0. The number of aromatic nitrogens is 1. The van der Waals surface area contributed by atoms with E-state index in [9.17, 15) is 15.2 Å². The molecule has 27 heavy (non-hydrogen) atoms. The molecule has 1 aromatic rings. The van der Waals surface area contributed by atoms with Crippen LogP contribution in [-0.2, 0) is 14.9 Å². The summed E-state index contributed by atoms with van der Waals surface area (Å²) >= 11 is 1.21. The first kappa shape index (κ1) is 20.2. The molecule has 3 heterocycles. The summed E-state index contributed by atoms with van der Waals surface area (Å²) in [6.45, 7) is 8.84. The van der Waals surface area contributed by atoms with Crippen LogP contribution in [0.3, 0.4) is 0 Å². The zero-order valence-corrected chi connectivity index (χ0v) is 17.0. The quantitative estimate of drug-likeness (QED) is 0.814. The zero-order chi connectivity index (χ0) is 19.6. The van der Waals surface area contributed by atoms with Crippen molar-refractivity contribution in [3.05, 3.63) is 10.6 Å². The summed E-state index contributed by atoms with van der Waals surface area (Å²) in [4.78, 5) is 20.0. The summed E-state index contributed by atoms with van der Waals surface area (Å²) < 4.78 is 5.41. The van der Waals surface area contributed by atoms with Crippen LogP contribution in [0, 0.1) is 17.2 Å². The average Bonchev–Trinajstić information content (AvgIpc) is 3.19. The van der Waals surface area contributed by atoms with E-state index in [1.165, 1.54) is 11.3 Å². The lowest BCUT2D eigenvalue weighted by Crippen LogP contribution is -2.42. The summed E-state index contributed by atoms with van der Waals surface area (Å²) in [5.41, 5.74) is 0.444. The molecule has 0 radical (unpaired) electrons. The predicted octanol–water partition coefficient (Wildman–Crippen LogP) is 2.11. The van der Waals surface area contributed by atoms with Crippen LogP contribution >= 0.6 is 11.3 Å². The minimum Gasteiger partial charge on any atom is -0.392 e. The van der Waals surface area contributed by atoms with Crippen molar-refractivity contribution in [2.75, 3.05) is 31.6 Å². The van der Waals surface area contributed by atoms with Gasteiger partial charge in [-0.3, -0.25) is 9.69 Å². The molecule has 2 fully saturated rings. The van der Waals surface area contributed by atoms with E-state index in [2.05, 4.69) is 21.3 Å². The number of carbonyl (C=O) groups is 1. The number of rotatable bonds is 4. The monoisotopic (exact) mass is 392 g/mol. The molecule has 3 rings (SSSR count). The minimum atomic E-state index is -0.489. The Morgan fingerprint density at radius 3 is 2.74 bits per heavy atom. The van der Waals surface area contributed by atoms with E-state index in [0.29, 0.717) is 34.6 Å². The molecular formula is C19H28N4O3S. The molecule has 1 amide bonds. The lowest BCUT2D eigenvalue weighted by Gasteiger charge is -2.30. The van der Waals surface area contributed by atoms with Gasteiger partial charge in [-0.15, -0.1) is 0 Å². The van der Waals surface area contributed by atoms with Crippen molar-refractivity contribution < 1.29 is 14.6 Å². The van der Waals surface area contributed by atoms with E-state index in [0.717, 1.165) is 32.6 Å². The fourth-order valence-electron chi connectivity index (χ4n) is 3.76. The third-order valence-electron chi connectivity index (χ3n) is 5.19. The van der Waals surface area contributed by atoms with Crippen molar-refractivity contribution in [2.45, 2.75) is 57.6 Å². The second-order valence-electron chi connectivity index (χ2n) is 8.46. The number of β-amino-alcohol motifs (C(OH)–C–C–N with tert-alkyl or cyclic N) is 1. The van der Waals surface area contributed by atoms with Crippen molar-refractivity contribution in [2.24, 2.45) is 5.92 Å². The van der Waals surface area contributed by atoms with E-state index in [1.54, 1.807) is 0 Å². The first-order chi connectivity index (χ1) is 12.8. The molecule has 148 valence electrons. The number of nitrogens with zero attached hydrogens (tertiary/aromatic N) is 3. The lowest BCUT2D eigenvalue weighted by atomic mass is 9.91. The molecule has 0 bridgehead atoms. The van der Waals surface area contributed by atoms with Crippen molar-refractivity contribution in [1.29, 1.82) is 5.26 Å². The topological polar surface area (TPSA) is 98.5 Å². The highest BCUT2D eigenvalue weighted by molar-refractivity contribution is 7.16. The molecule has 2 saturated heterocycles. The molecule has 0 unspecified atom stereocenters. The van der Waals surface area contributed by atoms with Crippen molar-refractivity contribution in [1.82, 2.24) is 9.88 Å². The van der Waals surface area contributed by atoms with Crippen LogP contribution in [0.2, 0.25) is 0 Å². The van der Waals surface area contributed by atoms with Gasteiger partial charge in [-0.2, -0.15) is 5.26 Å². The Morgan fingerprint density at radius 2 is 2.15 bits per heavy atom. The highest BCUT2D eigenvalue weighted by Crippen LogP contribution is 2.32. The van der Waals surface area contributed by atoms with Gasteiger partial charge in [0, 0.05) is 31.7 Å². The van der Waals surface area contributed by atoms with Gasteiger partial charge in [-0.25, -0.2) is 4.98 Å². The largest absolute Gasteiger partial charge is 0.392 e. The van der Waals surface area contributed by atoms with Gasteiger partial charge in [0.2, 0.25) is 5.91 Å². The van der Waals surface area contributed by atoms with E-state index in [4.69, 9.17) is 4.74 Å². The van der Waals surface area contributed by atoms with Crippen molar-refractivity contribution in [3.63, 3.8) is 0 Å². The second-order valence-corrected chi connectivity index (χ2v) is 9.46. The molecular weight excluding hydrogens is 364 g/mol. The Balaban J connectivity index is 1.69. The fraction of sp³-hybridized carbons (Fsp3) is 0.737. The molecule has 2 N–H and O–H groups in total. The molecule has 1 aromatic heterocycles. The first-order valence-electron chi connectivity index (χ1n) is 9.50. The third-order valence-corrected chi connectivity index (χ3v) is 6.06. The Labute approximate surface area is 164 Å². The predicted molar refractivity (Wildman–Crippen MR) is 104 cm³/mol. The number of anilines is 1. The molecule has 2 aliphatic rings. The van der Waals surface area contributed by atoms with Gasteiger partial charge in [0.05, 0.1) is 17.8 Å². The summed E-state index contributed by atoms with van der Waals surface area (Å²) in [6, 6.07) is 1.81. The summed E-state index contributed by atoms with van der Waals surface area (Å²) in [5, 5.41) is 22.8. The van der Waals surface area contributed by atoms with Crippen LogP contribution in [0.25, 0.3) is 0 Å². The Hall–Kier alpha value is -1.53. The number of carbonyl (C=O) groups excluding carboxylic acids is 1. The minimum absolute atomic E-state index is 0.155. The number of amides is 1. The van der Waals surface area contributed by atoms with Crippen LogP contribution in [0.15, 0.2) is 0 Å². The molecule has 0 aliphatic carbocycles. The standard InChI is InChI=1S/C19H28N4O3S/c1-19(2,3)16-15(9-20)27-18(21-16)22-17(25)14-8-13(24)11-23(14)10-12-4-6-26-7-5-12/h12-14,24H,4-8,10-11H2,1-3H3,(H,21,22,25)/t13-,14-/m0/s1. The zero-order valence-electron chi connectivity index (χ0n) is 16.2. The first-order valence-corrected chi connectivity index (χ1v) is 10.3. The molecule has 0 spiro atoms. The van der Waals surface area contributed by atoms with Gasteiger partial charge in [0.15, 0.2) is 5.13 Å².